The van der Waals surface area contributed by atoms with E-state index in [1.54, 1.807) is 0 Å². The van der Waals surface area contributed by atoms with Crippen LogP contribution in [0.1, 0.15) is 10.5 Å². The van der Waals surface area contributed by atoms with Gasteiger partial charge in [-0.15, -0.1) is 0 Å². The zero-order valence-corrected chi connectivity index (χ0v) is 10.0. The topological polar surface area (TPSA) is 57.8 Å². The lowest BCUT2D eigenvalue weighted by molar-refractivity contribution is 0.0954. The summed E-state index contributed by atoms with van der Waals surface area (Å²) in [6.45, 7) is 4.03. The monoisotopic (exact) mass is 279 g/mol. The number of hydrogen-bond acceptors (Lipinski definition) is 2. The van der Waals surface area contributed by atoms with Gasteiger partial charge in [-0.3, -0.25) is 9.89 Å². The van der Waals surface area contributed by atoms with Crippen LogP contribution in [0.25, 0.3) is 10.9 Å². The number of benzene rings is 1. The highest BCUT2D eigenvalue weighted by Gasteiger charge is 2.12. The lowest BCUT2D eigenvalue weighted by atomic mass is 10.2. The number of amides is 1. The molecule has 82 valence electrons. The zero-order valence-electron chi connectivity index (χ0n) is 8.46. The molecule has 2 N–H and O–H groups in total. The fraction of sp³-hybridized carbons (Fsp3) is 0.0909. The number of para-hydroxylation sites is 1. The molecule has 0 saturated carbocycles. The number of aromatic nitrogens is 2. The number of carbonyl (C=O) groups is 1. The van der Waals surface area contributed by atoms with Crippen molar-refractivity contribution in [3.05, 3.63) is 41.0 Å². The SMILES string of the molecule is C=C(Br)CNC(=O)c1n[nH]c2ccccc12. The van der Waals surface area contributed by atoms with Crippen molar-refractivity contribution >= 4 is 32.7 Å². The van der Waals surface area contributed by atoms with Crippen LogP contribution in [0.2, 0.25) is 0 Å². The van der Waals surface area contributed by atoms with E-state index in [0.29, 0.717) is 12.2 Å². The molecule has 0 aliphatic rings. The van der Waals surface area contributed by atoms with Crippen LogP contribution >= 0.6 is 15.9 Å². The summed E-state index contributed by atoms with van der Waals surface area (Å²) in [5.74, 6) is -0.210. The Morgan fingerprint density at radius 3 is 3.00 bits per heavy atom. The van der Waals surface area contributed by atoms with Gasteiger partial charge >= 0.3 is 0 Å². The van der Waals surface area contributed by atoms with E-state index in [4.69, 9.17) is 0 Å². The molecule has 5 heteroatoms. The van der Waals surface area contributed by atoms with E-state index in [0.717, 1.165) is 15.4 Å². The summed E-state index contributed by atoms with van der Waals surface area (Å²) in [5.41, 5.74) is 1.26. The summed E-state index contributed by atoms with van der Waals surface area (Å²) in [6.07, 6.45) is 0. The molecule has 0 aliphatic carbocycles. The Labute approximate surface area is 101 Å². The maximum absolute atomic E-state index is 11.8. The van der Waals surface area contributed by atoms with Crippen molar-refractivity contribution < 1.29 is 4.79 Å². The van der Waals surface area contributed by atoms with Gasteiger partial charge in [-0.25, -0.2) is 0 Å². The van der Waals surface area contributed by atoms with Gasteiger partial charge in [-0.1, -0.05) is 40.7 Å². The van der Waals surface area contributed by atoms with Crippen molar-refractivity contribution in [3.8, 4) is 0 Å². The Morgan fingerprint density at radius 2 is 2.25 bits per heavy atom. The van der Waals surface area contributed by atoms with E-state index in [1.165, 1.54) is 0 Å². The summed E-state index contributed by atoms with van der Waals surface area (Å²) >= 11 is 3.18. The molecule has 0 saturated heterocycles. The average molecular weight is 280 g/mol. The number of nitrogens with one attached hydrogen (secondary N) is 2. The number of hydrogen-bond donors (Lipinski definition) is 2. The Hall–Kier alpha value is -1.62. The van der Waals surface area contributed by atoms with Gasteiger partial charge in [-0.2, -0.15) is 5.10 Å². The van der Waals surface area contributed by atoms with E-state index in [-0.39, 0.29) is 5.91 Å². The minimum Gasteiger partial charge on any atom is -0.346 e. The van der Waals surface area contributed by atoms with Crippen LogP contribution in [0.4, 0.5) is 0 Å². The summed E-state index contributed by atoms with van der Waals surface area (Å²) in [6, 6.07) is 7.50. The molecule has 0 radical (unpaired) electrons. The van der Waals surface area contributed by atoms with Crippen LogP contribution < -0.4 is 5.32 Å². The fourth-order valence-corrected chi connectivity index (χ4v) is 1.54. The van der Waals surface area contributed by atoms with Crippen LogP contribution in [-0.4, -0.2) is 22.6 Å². The van der Waals surface area contributed by atoms with E-state index < -0.39 is 0 Å². The lowest BCUT2D eigenvalue weighted by Gasteiger charge is -2.00. The first-order valence-corrected chi connectivity index (χ1v) is 5.52. The highest BCUT2D eigenvalue weighted by molar-refractivity contribution is 9.11. The molecule has 2 aromatic rings. The van der Waals surface area contributed by atoms with Gasteiger partial charge in [0.15, 0.2) is 5.69 Å². The molecule has 0 aliphatic heterocycles. The quantitative estimate of drug-likeness (QED) is 0.905. The second-order valence-electron chi connectivity index (χ2n) is 3.32. The standard InChI is InChI=1S/C11H10BrN3O/c1-7(12)6-13-11(16)10-8-4-2-3-5-9(8)14-15-10/h2-5H,1,6H2,(H,13,16)(H,14,15). The molecule has 16 heavy (non-hydrogen) atoms. The molecule has 2 rings (SSSR count). The number of aromatic amines is 1. The van der Waals surface area contributed by atoms with Crippen molar-refractivity contribution in [3.63, 3.8) is 0 Å². The van der Waals surface area contributed by atoms with Crippen molar-refractivity contribution in [2.45, 2.75) is 0 Å². The first kappa shape index (κ1) is 10.9. The van der Waals surface area contributed by atoms with Crippen molar-refractivity contribution in [1.82, 2.24) is 15.5 Å². The molecular formula is C11H10BrN3O. The maximum atomic E-state index is 11.8. The predicted molar refractivity (Wildman–Crippen MR) is 66.5 cm³/mol. The second kappa shape index (κ2) is 4.49. The maximum Gasteiger partial charge on any atom is 0.272 e. The minimum absolute atomic E-state index is 0.210. The van der Waals surface area contributed by atoms with E-state index in [2.05, 4.69) is 38.0 Å². The third-order valence-electron chi connectivity index (χ3n) is 2.13. The summed E-state index contributed by atoms with van der Waals surface area (Å²) in [5, 5.41) is 10.3. The third-order valence-corrected chi connectivity index (χ3v) is 2.41. The highest BCUT2D eigenvalue weighted by Crippen LogP contribution is 2.14. The number of rotatable bonds is 3. The Morgan fingerprint density at radius 1 is 1.50 bits per heavy atom. The molecule has 0 spiro atoms. The number of H-pyrrole nitrogens is 1. The van der Waals surface area contributed by atoms with Crippen molar-refractivity contribution in [2.24, 2.45) is 0 Å². The number of fused-ring (bicyclic) bond motifs is 1. The molecule has 0 bridgehead atoms. The smallest absolute Gasteiger partial charge is 0.272 e. The molecule has 4 nitrogen and oxygen atoms in total. The van der Waals surface area contributed by atoms with Gasteiger partial charge in [0.2, 0.25) is 0 Å². The number of carbonyl (C=O) groups excluding carboxylic acids is 1. The van der Waals surface area contributed by atoms with Crippen LogP contribution in [0.5, 0.6) is 0 Å². The van der Waals surface area contributed by atoms with E-state index in [1.807, 2.05) is 24.3 Å². The summed E-state index contributed by atoms with van der Waals surface area (Å²) in [7, 11) is 0. The summed E-state index contributed by atoms with van der Waals surface area (Å²) in [4.78, 5) is 11.8. The molecule has 1 heterocycles. The van der Waals surface area contributed by atoms with Gasteiger partial charge in [0.1, 0.15) is 0 Å². The third kappa shape index (κ3) is 2.14. The van der Waals surface area contributed by atoms with Crippen LogP contribution in [0.15, 0.2) is 35.3 Å². The lowest BCUT2D eigenvalue weighted by Crippen LogP contribution is -2.24. The van der Waals surface area contributed by atoms with Crippen LogP contribution in [-0.2, 0) is 0 Å². The second-order valence-corrected chi connectivity index (χ2v) is 4.44. The molecule has 0 unspecified atom stereocenters. The molecule has 0 fully saturated rings. The first-order chi connectivity index (χ1) is 7.68. The van der Waals surface area contributed by atoms with Gasteiger partial charge in [-0.05, 0) is 6.07 Å². The average Bonchev–Trinajstić information content (AvgIpc) is 2.69. The van der Waals surface area contributed by atoms with Gasteiger partial charge in [0.25, 0.3) is 5.91 Å². The molecular weight excluding hydrogens is 270 g/mol. The van der Waals surface area contributed by atoms with Gasteiger partial charge < -0.3 is 5.32 Å². The molecule has 1 amide bonds. The van der Waals surface area contributed by atoms with Crippen LogP contribution in [0, 0.1) is 0 Å². The predicted octanol–water partition coefficient (Wildman–Crippen LogP) is 2.20. The van der Waals surface area contributed by atoms with E-state index in [9.17, 15) is 4.79 Å². The van der Waals surface area contributed by atoms with Gasteiger partial charge in [0.05, 0.1) is 5.52 Å². The number of nitrogens with zero attached hydrogens (tertiary/aromatic N) is 1. The van der Waals surface area contributed by atoms with Crippen LogP contribution in [0.3, 0.4) is 0 Å². The summed E-state index contributed by atoms with van der Waals surface area (Å²) < 4.78 is 0.723. The number of halogens is 1. The van der Waals surface area contributed by atoms with Crippen molar-refractivity contribution in [2.75, 3.05) is 6.54 Å². The largest absolute Gasteiger partial charge is 0.346 e. The Kier molecular flexibility index (Phi) is 3.05. The Bertz CT molecular complexity index is 547. The normalized spacial score (nSPS) is 10.3. The fourth-order valence-electron chi connectivity index (χ4n) is 1.40. The minimum atomic E-state index is -0.210. The molecule has 1 aromatic carbocycles. The van der Waals surface area contributed by atoms with Crippen molar-refractivity contribution in [1.29, 1.82) is 0 Å². The first-order valence-electron chi connectivity index (χ1n) is 4.73. The highest BCUT2D eigenvalue weighted by atomic mass is 79.9. The zero-order chi connectivity index (χ0) is 11.5. The Balaban J connectivity index is 2.26. The van der Waals surface area contributed by atoms with Gasteiger partial charge in [0, 0.05) is 16.4 Å². The molecule has 1 aromatic heterocycles. The van der Waals surface area contributed by atoms with E-state index >= 15 is 0 Å². The molecule has 0 atom stereocenters.